The van der Waals surface area contributed by atoms with Crippen LogP contribution in [0.4, 0.5) is 0 Å². The van der Waals surface area contributed by atoms with E-state index in [4.69, 9.17) is 4.98 Å². The van der Waals surface area contributed by atoms with E-state index in [1.807, 2.05) is 6.92 Å². The van der Waals surface area contributed by atoms with Gasteiger partial charge in [-0.1, -0.05) is 26.8 Å². The highest BCUT2D eigenvalue weighted by atomic mass is 32.1. The van der Waals surface area contributed by atoms with E-state index in [9.17, 15) is 0 Å². The Hall–Kier alpha value is -1.22. The van der Waals surface area contributed by atoms with Crippen molar-refractivity contribution >= 4 is 11.3 Å². The second-order valence-corrected chi connectivity index (χ2v) is 7.83. The average Bonchev–Trinajstić information content (AvgIpc) is 2.84. The van der Waals surface area contributed by atoms with Crippen molar-refractivity contribution in [1.82, 2.24) is 9.97 Å². The molecule has 2 aromatic rings. The molecule has 0 spiro atoms. The second-order valence-electron chi connectivity index (χ2n) is 6.97. The van der Waals surface area contributed by atoms with E-state index in [0.717, 1.165) is 22.3 Å². The third-order valence-corrected chi connectivity index (χ3v) is 6.53. The van der Waals surface area contributed by atoms with Crippen molar-refractivity contribution in [3.63, 3.8) is 0 Å². The van der Waals surface area contributed by atoms with Crippen LogP contribution in [0.15, 0.2) is 17.5 Å². The molecule has 2 bridgehead atoms. The third kappa shape index (κ3) is 1.50. The number of hydrogen-bond donors (Lipinski definition) is 0. The van der Waals surface area contributed by atoms with Crippen molar-refractivity contribution in [3.8, 4) is 10.7 Å². The van der Waals surface area contributed by atoms with Gasteiger partial charge in [-0.15, -0.1) is 11.3 Å². The van der Waals surface area contributed by atoms with Crippen LogP contribution >= 0.6 is 11.3 Å². The van der Waals surface area contributed by atoms with Crippen molar-refractivity contribution in [1.29, 1.82) is 0 Å². The molecule has 0 unspecified atom stereocenters. The van der Waals surface area contributed by atoms with Gasteiger partial charge in [0.15, 0.2) is 0 Å². The minimum atomic E-state index is 0.452. The summed E-state index contributed by atoms with van der Waals surface area (Å²) in [5, 5.41) is 3.15. The molecule has 0 radical (unpaired) electrons. The summed E-state index contributed by atoms with van der Waals surface area (Å²) in [6, 6.07) is 4.48. The molecule has 1 saturated carbocycles. The maximum Gasteiger partial charge on any atom is 0.142 e. The van der Waals surface area contributed by atoms with Crippen molar-refractivity contribution in [2.75, 3.05) is 0 Å². The van der Waals surface area contributed by atoms with Crippen LogP contribution in [0.2, 0.25) is 0 Å². The van der Waals surface area contributed by atoms with Crippen molar-refractivity contribution in [2.24, 2.45) is 11.3 Å². The molecule has 104 valence electrons. The van der Waals surface area contributed by atoms with E-state index in [1.165, 1.54) is 17.7 Å². The normalized spacial score (nSPS) is 29.7. The maximum atomic E-state index is 4.97. The van der Waals surface area contributed by atoms with Gasteiger partial charge in [0.1, 0.15) is 5.01 Å². The van der Waals surface area contributed by atoms with Crippen molar-refractivity contribution in [2.45, 2.75) is 46.0 Å². The Bertz CT molecular complexity index is 686. The number of aromatic nitrogens is 2. The Kier molecular flexibility index (Phi) is 2.45. The molecule has 3 atom stereocenters. The molecule has 2 aromatic heterocycles. The molecule has 3 aliphatic rings. The van der Waals surface area contributed by atoms with E-state index in [0.29, 0.717) is 17.3 Å². The lowest BCUT2D eigenvalue weighted by atomic mass is 9.45. The molecule has 3 heteroatoms. The first-order valence-corrected chi connectivity index (χ1v) is 8.30. The van der Waals surface area contributed by atoms with Crippen molar-refractivity contribution in [3.05, 3.63) is 34.5 Å². The van der Waals surface area contributed by atoms with Crippen LogP contribution in [0.5, 0.6) is 0 Å². The highest BCUT2D eigenvalue weighted by Gasteiger charge is 2.56. The number of pyridine rings is 1. The Labute approximate surface area is 124 Å². The summed E-state index contributed by atoms with van der Waals surface area (Å²) in [4.78, 5) is 9.54. The zero-order valence-electron chi connectivity index (χ0n) is 12.5. The van der Waals surface area contributed by atoms with Crippen LogP contribution in [-0.2, 0) is 0 Å². The summed E-state index contributed by atoms with van der Waals surface area (Å²) in [5.41, 5.74) is 5.40. The topological polar surface area (TPSA) is 25.8 Å². The SMILES string of the molecule is Cc1csc(-c2ccc3c(n2)[C@@H](C)[C@H]2C[C@@H]3C2(C)C)n1. The van der Waals surface area contributed by atoms with Gasteiger partial charge >= 0.3 is 0 Å². The Morgan fingerprint density at radius 3 is 2.70 bits per heavy atom. The van der Waals surface area contributed by atoms with E-state index in [-0.39, 0.29) is 0 Å². The van der Waals surface area contributed by atoms with Gasteiger partial charge < -0.3 is 0 Å². The summed E-state index contributed by atoms with van der Waals surface area (Å²) < 4.78 is 0. The highest BCUT2D eigenvalue weighted by molar-refractivity contribution is 7.13. The number of nitrogens with zero attached hydrogens (tertiary/aromatic N) is 2. The van der Waals surface area contributed by atoms with Gasteiger partial charge in [-0.05, 0) is 42.2 Å². The van der Waals surface area contributed by atoms with Gasteiger partial charge in [-0.3, -0.25) is 0 Å². The van der Waals surface area contributed by atoms with Crippen LogP contribution in [0, 0.1) is 18.3 Å². The summed E-state index contributed by atoms with van der Waals surface area (Å²) >= 11 is 1.69. The predicted molar refractivity (Wildman–Crippen MR) is 83.1 cm³/mol. The van der Waals surface area contributed by atoms with Crippen LogP contribution in [-0.4, -0.2) is 9.97 Å². The Morgan fingerprint density at radius 1 is 1.25 bits per heavy atom. The fourth-order valence-corrected chi connectivity index (χ4v) is 5.03. The lowest BCUT2D eigenvalue weighted by Crippen LogP contribution is -2.50. The fraction of sp³-hybridized carbons (Fsp3) is 0.529. The number of thiazole rings is 1. The zero-order chi connectivity index (χ0) is 14.1. The highest BCUT2D eigenvalue weighted by Crippen LogP contribution is 2.66. The summed E-state index contributed by atoms with van der Waals surface area (Å²) in [7, 11) is 0. The third-order valence-electron chi connectivity index (χ3n) is 5.55. The quantitative estimate of drug-likeness (QED) is 0.754. The van der Waals surface area contributed by atoms with E-state index in [2.05, 4.69) is 43.3 Å². The van der Waals surface area contributed by atoms with Crippen LogP contribution < -0.4 is 0 Å². The zero-order valence-corrected chi connectivity index (χ0v) is 13.3. The van der Waals surface area contributed by atoms with Gasteiger partial charge in [0.25, 0.3) is 0 Å². The first kappa shape index (κ1) is 12.5. The Balaban J connectivity index is 1.82. The lowest BCUT2D eigenvalue weighted by Gasteiger charge is -2.59. The first-order valence-electron chi connectivity index (χ1n) is 7.42. The largest absolute Gasteiger partial charge is 0.250 e. The van der Waals surface area contributed by atoms with Crippen LogP contribution in [0.25, 0.3) is 10.7 Å². The van der Waals surface area contributed by atoms with Crippen LogP contribution in [0.1, 0.15) is 56.0 Å². The average molecular weight is 284 g/mol. The van der Waals surface area contributed by atoms with E-state index >= 15 is 0 Å². The van der Waals surface area contributed by atoms with Gasteiger partial charge in [0.05, 0.1) is 5.69 Å². The molecular formula is C17H20N2S. The minimum Gasteiger partial charge on any atom is -0.250 e. The molecule has 3 aliphatic carbocycles. The molecule has 20 heavy (non-hydrogen) atoms. The second kappa shape index (κ2) is 3.91. The molecule has 0 amide bonds. The van der Waals surface area contributed by atoms with Crippen LogP contribution in [0.3, 0.4) is 0 Å². The molecule has 2 nitrogen and oxygen atoms in total. The van der Waals surface area contributed by atoms with Crippen molar-refractivity contribution < 1.29 is 0 Å². The molecule has 0 aromatic carbocycles. The summed E-state index contributed by atoms with van der Waals surface area (Å²) in [5.74, 6) is 2.07. The summed E-state index contributed by atoms with van der Waals surface area (Å²) in [6.07, 6.45) is 1.35. The fourth-order valence-electron chi connectivity index (χ4n) is 4.26. The van der Waals surface area contributed by atoms with E-state index < -0.39 is 0 Å². The Morgan fingerprint density at radius 2 is 2.05 bits per heavy atom. The maximum absolute atomic E-state index is 4.97. The summed E-state index contributed by atoms with van der Waals surface area (Å²) in [6.45, 7) is 9.23. The minimum absolute atomic E-state index is 0.452. The molecular weight excluding hydrogens is 264 g/mol. The molecule has 5 rings (SSSR count). The standard InChI is InChI=1S/C17H20N2S/c1-9-8-20-16(18-9)14-6-5-11-13-7-12(17(13,3)4)10(2)15(11)19-14/h5-6,8,10,12-13H,7H2,1-4H3/t10-,12+,13-/m0/s1. The number of hydrogen-bond acceptors (Lipinski definition) is 3. The predicted octanol–water partition coefficient (Wildman–Crippen LogP) is 4.76. The van der Waals surface area contributed by atoms with E-state index in [1.54, 1.807) is 11.3 Å². The van der Waals surface area contributed by atoms with Gasteiger partial charge in [0.2, 0.25) is 0 Å². The number of rotatable bonds is 1. The van der Waals surface area contributed by atoms with Gasteiger partial charge in [0, 0.05) is 22.7 Å². The molecule has 0 aliphatic heterocycles. The lowest BCUT2D eigenvalue weighted by molar-refractivity contribution is -0.00270. The first-order chi connectivity index (χ1) is 9.48. The van der Waals surface area contributed by atoms with Gasteiger partial charge in [-0.2, -0.15) is 0 Å². The van der Waals surface area contributed by atoms with Gasteiger partial charge in [-0.25, -0.2) is 9.97 Å². The molecule has 0 N–H and O–H groups in total. The molecule has 0 saturated heterocycles. The molecule has 2 heterocycles. The monoisotopic (exact) mass is 284 g/mol. The smallest absolute Gasteiger partial charge is 0.142 e. The molecule has 1 fully saturated rings. The number of aryl methyl sites for hydroxylation is 1.